The van der Waals surface area contributed by atoms with E-state index in [4.69, 9.17) is 16.3 Å². The van der Waals surface area contributed by atoms with Crippen LogP contribution in [0.5, 0.6) is 5.75 Å². The van der Waals surface area contributed by atoms with Crippen LogP contribution in [-0.4, -0.2) is 45.7 Å². The first kappa shape index (κ1) is 24.3. The van der Waals surface area contributed by atoms with Crippen LogP contribution in [0.3, 0.4) is 0 Å². The number of aliphatic hydroxyl groups is 1. The molecule has 0 saturated heterocycles. The minimum absolute atomic E-state index is 0.0553. The molecule has 1 aromatic heterocycles. The van der Waals surface area contributed by atoms with Crippen LogP contribution in [0.25, 0.3) is 0 Å². The predicted molar refractivity (Wildman–Crippen MR) is 116 cm³/mol. The number of hydrogen-bond donors (Lipinski definition) is 3. The third kappa shape index (κ3) is 4.97. The highest BCUT2D eigenvalue weighted by Gasteiger charge is 2.55. The van der Waals surface area contributed by atoms with Crippen LogP contribution >= 0.6 is 11.6 Å². The number of hydrogen-bond acceptors (Lipinski definition) is 5. The van der Waals surface area contributed by atoms with Gasteiger partial charge in [0, 0.05) is 17.8 Å². The van der Waals surface area contributed by atoms with E-state index >= 15 is 0 Å². The lowest BCUT2D eigenvalue weighted by atomic mass is 9.60. The maximum absolute atomic E-state index is 13.5. The maximum Gasteiger partial charge on any atom is 0.280 e. The highest BCUT2D eigenvalue weighted by Crippen LogP contribution is 2.47. The van der Waals surface area contributed by atoms with Gasteiger partial charge < -0.3 is 20.5 Å². The average Bonchev–Trinajstić information content (AvgIpc) is 2.81. The molecule has 2 aromatic rings. The van der Waals surface area contributed by atoms with E-state index in [0.29, 0.717) is 25.7 Å². The number of nitrogens with zero attached hydrogens (tertiary/aromatic N) is 1. The lowest BCUT2D eigenvalue weighted by Gasteiger charge is -2.56. The average molecular weight is 498 g/mol. The molecule has 0 radical (unpaired) electrons. The second-order valence-electron chi connectivity index (χ2n) is 8.80. The van der Waals surface area contributed by atoms with Crippen LogP contribution in [-0.2, 0) is 4.79 Å². The Morgan fingerprint density at radius 1 is 1.18 bits per heavy atom. The second-order valence-corrected chi connectivity index (χ2v) is 9.20. The summed E-state index contributed by atoms with van der Waals surface area (Å²) in [6.07, 6.45) is -0.409. The molecule has 7 nitrogen and oxygen atoms in total. The van der Waals surface area contributed by atoms with E-state index in [9.17, 15) is 27.9 Å². The lowest BCUT2D eigenvalue weighted by Crippen LogP contribution is -2.70. The molecule has 2 bridgehead atoms. The van der Waals surface area contributed by atoms with Crippen LogP contribution < -0.4 is 15.4 Å². The summed E-state index contributed by atoms with van der Waals surface area (Å²) in [7, 11) is 0. The number of benzene rings is 1. The summed E-state index contributed by atoms with van der Waals surface area (Å²) in [6, 6.07) is 6.25. The van der Waals surface area contributed by atoms with Crippen molar-refractivity contribution in [3.63, 3.8) is 0 Å². The summed E-state index contributed by atoms with van der Waals surface area (Å²) in [5.74, 6) is -1.42. The Balaban J connectivity index is 1.34. The van der Waals surface area contributed by atoms with Crippen molar-refractivity contribution in [3.8, 4) is 5.75 Å². The zero-order chi connectivity index (χ0) is 24.5. The normalized spacial score (nSPS) is 25.8. The zero-order valence-corrected chi connectivity index (χ0v) is 18.7. The van der Waals surface area contributed by atoms with Crippen molar-refractivity contribution >= 4 is 23.4 Å². The van der Waals surface area contributed by atoms with Crippen molar-refractivity contribution < 1.29 is 32.6 Å². The van der Waals surface area contributed by atoms with Gasteiger partial charge in [-0.25, -0.2) is 13.2 Å². The minimum Gasteiger partial charge on any atom is -0.484 e. The summed E-state index contributed by atoms with van der Waals surface area (Å²) < 4.78 is 44.2. The molecule has 3 aliphatic rings. The number of nitrogens with one attached hydrogen (secondary N) is 2. The number of aromatic nitrogens is 1. The van der Waals surface area contributed by atoms with Crippen LogP contribution in [0, 0.1) is 5.82 Å². The topological polar surface area (TPSA) is 101 Å². The number of halogens is 4. The highest BCUT2D eigenvalue weighted by molar-refractivity contribution is 6.30. The third-order valence-corrected chi connectivity index (χ3v) is 6.93. The lowest BCUT2D eigenvalue weighted by molar-refractivity contribution is -0.132. The molecule has 3 N–H and O–H groups in total. The highest BCUT2D eigenvalue weighted by atomic mass is 35.5. The van der Waals surface area contributed by atoms with Crippen molar-refractivity contribution in [2.24, 2.45) is 0 Å². The Bertz CT molecular complexity index is 1080. The SMILES string of the molecule is O=C(COc1ccc(Cl)c(F)c1)NC12CCC(NC(=O)c3ccc(C(F)F)nc3)(CC1)C[C@@H]2O. The van der Waals surface area contributed by atoms with Gasteiger partial charge in [-0.15, -0.1) is 0 Å². The molecule has 11 heteroatoms. The summed E-state index contributed by atoms with van der Waals surface area (Å²) in [5, 5.41) is 16.6. The van der Waals surface area contributed by atoms with Gasteiger partial charge in [-0.1, -0.05) is 11.6 Å². The van der Waals surface area contributed by atoms with Crippen molar-refractivity contribution in [1.29, 1.82) is 0 Å². The smallest absolute Gasteiger partial charge is 0.280 e. The summed E-state index contributed by atoms with van der Waals surface area (Å²) in [6.45, 7) is -0.362. The number of rotatable bonds is 7. The molecule has 34 heavy (non-hydrogen) atoms. The fourth-order valence-electron chi connectivity index (χ4n) is 4.67. The van der Waals surface area contributed by atoms with Crippen LogP contribution in [0.2, 0.25) is 5.02 Å². The molecule has 1 atom stereocenters. The number of alkyl halides is 2. The number of fused-ring (bicyclic) bond motifs is 3. The third-order valence-electron chi connectivity index (χ3n) is 6.62. The van der Waals surface area contributed by atoms with E-state index in [2.05, 4.69) is 15.6 Å². The van der Waals surface area contributed by atoms with Crippen LogP contribution in [0.15, 0.2) is 36.5 Å². The second kappa shape index (κ2) is 9.42. The number of ether oxygens (including phenoxy) is 1. The number of pyridine rings is 1. The summed E-state index contributed by atoms with van der Waals surface area (Å²) in [4.78, 5) is 28.8. The molecule has 3 aliphatic carbocycles. The van der Waals surface area contributed by atoms with E-state index in [1.54, 1.807) is 0 Å². The van der Waals surface area contributed by atoms with Gasteiger partial charge in [0.1, 0.15) is 17.3 Å². The number of carbonyl (C=O) groups is 2. The Kier molecular flexibility index (Phi) is 6.73. The quantitative estimate of drug-likeness (QED) is 0.543. The van der Waals surface area contributed by atoms with Gasteiger partial charge in [-0.05, 0) is 56.4 Å². The minimum atomic E-state index is -2.72. The largest absolute Gasteiger partial charge is 0.484 e. The molecule has 0 aliphatic heterocycles. The molecule has 5 rings (SSSR count). The first-order chi connectivity index (χ1) is 16.1. The number of amides is 2. The molecule has 3 fully saturated rings. The van der Waals surface area contributed by atoms with E-state index in [1.165, 1.54) is 18.2 Å². The van der Waals surface area contributed by atoms with Crippen molar-refractivity contribution in [2.75, 3.05) is 6.61 Å². The molecule has 0 unspecified atom stereocenters. The molecule has 2 amide bonds. The van der Waals surface area contributed by atoms with E-state index in [0.717, 1.165) is 18.3 Å². The molecular formula is C23H23ClF3N3O4. The van der Waals surface area contributed by atoms with Gasteiger partial charge in [-0.2, -0.15) is 0 Å². The van der Waals surface area contributed by atoms with Gasteiger partial charge in [0.05, 0.1) is 22.2 Å². The first-order valence-electron chi connectivity index (χ1n) is 10.7. The molecule has 182 valence electrons. The fraction of sp³-hybridized carbons (Fsp3) is 0.435. The zero-order valence-electron chi connectivity index (χ0n) is 18.0. The standard InChI is InChI=1S/C23H23ClF3N3O4/c24-15-3-2-14(9-16(15)25)34-12-19(32)29-23-7-5-22(6-8-23,10-18(23)31)30-21(33)13-1-4-17(20(26)27)28-11-13/h1-4,9,11,18,20,31H,5-8,10,12H2,(H,29,32)(H,30,33)/t18-,22?,23?/m0/s1. The molecule has 1 aromatic carbocycles. The van der Waals surface area contributed by atoms with Gasteiger partial charge in [-0.3, -0.25) is 14.6 Å². The monoisotopic (exact) mass is 497 g/mol. The van der Waals surface area contributed by atoms with E-state index in [-0.39, 0.29) is 29.4 Å². The predicted octanol–water partition coefficient (Wildman–Crippen LogP) is 3.55. The van der Waals surface area contributed by atoms with Crippen molar-refractivity contribution in [1.82, 2.24) is 15.6 Å². The number of carbonyl (C=O) groups excluding carboxylic acids is 2. The molecule has 3 saturated carbocycles. The van der Waals surface area contributed by atoms with Gasteiger partial charge >= 0.3 is 0 Å². The van der Waals surface area contributed by atoms with E-state index < -0.39 is 46.9 Å². The fourth-order valence-corrected chi connectivity index (χ4v) is 4.79. The van der Waals surface area contributed by atoms with Crippen molar-refractivity contribution in [3.05, 3.63) is 58.6 Å². The Morgan fingerprint density at radius 2 is 1.91 bits per heavy atom. The van der Waals surface area contributed by atoms with Gasteiger partial charge in [0.25, 0.3) is 18.2 Å². The van der Waals surface area contributed by atoms with Crippen LogP contribution in [0.1, 0.15) is 54.6 Å². The van der Waals surface area contributed by atoms with Gasteiger partial charge in [0.2, 0.25) is 0 Å². The Labute approximate surface area is 198 Å². The van der Waals surface area contributed by atoms with E-state index in [1.807, 2.05) is 0 Å². The summed E-state index contributed by atoms with van der Waals surface area (Å²) in [5.41, 5.74) is -1.77. The Morgan fingerprint density at radius 3 is 2.50 bits per heavy atom. The first-order valence-corrected chi connectivity index (χ1v) is 11.1. The summed E-state index contributed by atoms with van der Waals surface area (Å²) >= 11 is 5.63. The van der Waals surface area contributed by atoms with Crippen molar-refractivity contribution in [2.45, 2.75) is 55.7 Å². The maximum atomic E-state index is 13.5. The molecule has 0 spiro atoms. The molecule has 1 heterocycles. The van der Waals surface area contributed by atoms with Gasteiger partial charge in [0.15, 0.2) is 6.61 Å². The van der Waals surface area contributed by atoms with Crippen LogP contribution in [0.4, 0.5) is 13.2 Å². The molecular weight excluding hydrogens is 475 g/mol. The number of aliphatic hydroxyl groups excluding tert-OH is 1. The Hall–Kier alpha value is -2.85.